The molecule has 0 saturated heterocycles. The first-order chi connectivity index (χ1) is 19.0. The summed E-state index contributed by atoms with van der Waals surface area (Å²) in [6.07, 6.45) is 3.58. The lowest BCUT2D eigenvalue weighted by atomic mass is 9.92. The van der Waals surface area contributed by atoms with Gasteiger partial charge in [-0.2, -0.15) is 0 Å². The van der Waals surface area contributed by atoms with Crippen molar-refractivity contribution in [2.75, 3.05) is 0 Å². The molecule has 4 heteroatoms. The summed E-state index contributed by atoms with van der Waals surface area (Å²) in [6.45, 7) is 16.5. The molecule has 4 nitrogen and oxygen atoms in total. The van der Waals surface area contributed by atoms with Gasteiger partial charge in [0, 0.05) is 34.7 Å². The summed E-state index contributed by atoms with van der Waals surface area (Å²) in [5.41, 5.74) is 11.0. The molecule has 0 aromatic heterocycles. The molecule has 40 heavy (non-hydrogen) atoms. The fourth-order valence-corrected chi connectivity index (χ4v) is 5.18. The number of hydrogen-bond donors (Lipinski definition) is 2. The zero-order chi connectivity index (χ0) is 29.1. The Balaban J connectivity index is 1.88. The molecule has 0 atom stereocenters. The normalized spacial score (nSPS) is 11.9. The maximum atomic E-state index is 10.9. The summed E-state index contributed by atoms with van der Waals surface area (Å²) in [7, 11) is 0. The molecule has 0 aliphatic heterocycles. The fourth-order valence-electron chi connectivity index (χ4n) is 5.18. The topological polar surface area (TPSA) is 65.2 Å². The molecule has 0 fully saturated rings. The largest absolute Gasteiger partial charge is 0.507 e. The minimum atomic E-state index is 0.246. The number of nitrogens with zero attached hydrogens (tertiary/aromatic N) is 2. The van der Waals surface area contributed by atoms with E-state index >= 15 is 0 Å². The van der Waals surface area contributed by atoms with Crippen molar-refractivity contribution in [3.63, 3.8) is 0 Å². The number of rotatable bonds is 7. The Kier molecular flexibility index (Phi) is 8.58. The molecule has 4 aromatic carbocycles. The number of aliphatic imine (C=N–C) groups is 2. The summed E-state index contributed by atoms with van der Waals surface area (Å²) in [5, 5.41) is 21.8. The Morgan fingerprint density at radius 3 is 1.25 bits per heavy atom. The Labute approximate surface area is 238 Å². The van der Waals surface area contributed by atoms with Gasteiger partial charge in [-0.15, -0.1) is 0 Å². The summed E-state index contributed by atoms with van der Waals surface area (Å²) in [6, 6.07) is 20.2. The average molecular weight is 533 g/mol. The highest BCUT2D eigenvalue weighted by Crippen LogP contribution is 2.42. The second-order valence-electron chi connectivity index (χ2n) is 11.2. The number of aryl methyl sites for hydroxylation is 4. The molecule has 0 amide bonds. The monoisotopic (exact) mass is 532 g/mol. The van der Waals surface area contributed by atoms with Gasteiger partial charge in [0.05, 0.1) is 11.4 Å². The molecule has 0 aliphatic rings. The SMILES string of the molecule is Cc1ccc(C(C)C)c(C=Nc2cccc(C)c2-c2c(C)cccc2N=Cc2c(C(C)C)ccc(C)c2O)c1O. The van der Waals surface area contributed by atoms with Crippen LogP contribution in [0.4, 0.5) is 11.4 Å². The summed E-state index contributed by atoms with van der Waals surface area (Å²) < 4.78 is 0. The van der Waals surface area contributed by atoms with Gasteiger partial charge in [-0.3, -0.25) is 9.98 Å². The van der Waals surface area contributed by atoms with E-state index in [9.17, 15) is 10.2 Å². The maximum Gasteiger partial charge on any atom is 0.127 e. The van der Waals surface area contributed by atoms with E-state index in [0.717, 1.165) is 67.0 Å². The first kappa shape index (κ1) is 28.8. The fraction of sp³-hybridized carbons (Fsp3) is 0.278. The smallest absolute Gasteiger partial charge is 0.127 e. The third kappa shape index (κ3) is 5.72. The van der Waals surface area contributed by atoms with Crippen LogP contribution >= 0.6 is 0 Å². The lowest BCUT2D eigenvalue weighted by molar-refractivity contribution is 0.468. The van der Waals surface area contributed by atoms with Crippen LogP contribution < -0.4 is 0 Å². The molecule has 0 unspecified atom stereocenters. The third-order valence-electron chi connectivity index (χ3n) is 7.57. The molecule has 0 heterocycles. The molecular weight excluding hydrogens is 492 g/mol. The van der Waals surface area contributed by atoms with Gasteiger partial charge in [-0.05, 0) is 85.0 Å². The van der Waals surface area contributed by atoms with Crippen molar-refractivity contribution in [2.45, 2.75) is 67.2 Å². The molecular formula is C36H40N2O2. The number of phenols is 2. The van der Waals surface area contributed by atoms with E-state index in [1.165, 1.54) is 0 Å². The van der Waals surface area contributed by atoms with E-state index in [2.05, 4.69) is 65.8 Å². The number of phenolic OH excluding ortho intramolecular Hbond substituents is 2. The second kappa shape index (κ2) is 11.9. The molecule has 0 aliphatic carbocycles. The zero-order valence-electron chi connectivity index (χ0n) is 24.9. The highest BCUT2D eigenvalue weighted by Gasteiger charge is 2.17. The second-order valence-corrected chi connectivity index (χ2v) is 11.2. The molecule has 0 radical (unpaired) electrons. The van der Waals surface area contributed by atoms with Crippen LogP contribution in [0.2, 0.25) is 0 Å². The molecule has 0 bridgehead atoms. The lowest BCUT2D eigenvalue weighted by Gasteiger charge is -2.16. The van der Waals surface area contributed by atoms with Crippen LogP contribution in [-0.4, -0.2) is 22.6 Å². The van der Waals surface area contributed by atoms with Crippen LogP contribution in [-0.2, 0) is 0 Å². The third-order valence-corrected chi connectivity index (χ3v) is 7.57. The highest BCUT2D eigenvalue weighted by atomic mass is 16.3. The van der Waals surface area contributed by atoms with E-state index in [-0.39, 0.29) is 23.3 Å². The lowest BCUT2D eigenvalue weighted by Crippen LogP contribution is -1.98. The van der Waals surface area contributed by atoms with E-state index in [1.54, 1.807) is 12.4 Å². The minimum Gasteiger partial charge on any atom is -0.507 e. The van der Waals surface area contributed by atoms with Gasteiger partial charge in [0.15, 0.2) is 0 Å². The highest BCUT2D eigenvalue weighted by molar-refractivity contribution is 5.95. The molecule has 0 spiro atoms. The molecule has 206 valence electrons. The van der Waals surface area contributed by atoms with E-state index in [0.29, 0.717) is 0 Å². The van der Waals surface area contributed by atoms with Crippen molar-refractivity contribution >= 4 is 23.8 Å². The van der Waals surface area contributed by atoms with Gasteiger partial charge in [0.2, 0.25) is 0 Å². The predicted molar refractivity (Wildman–Crippen MR) is 170 cm³/mol. The molecule has 4 rings (SSSR count). The van der Waals surface area contributed by atoms with Gasteiger partial charge >= 0.3 is 0 Å². The van der Waals surface area contributed by atoms with E-state index in [4.69, 9.17) is 9.98 Å². The average Bonchev–Trinajstić information content (AvgIpc) is 2.90. The van der Waals surface area contributed by atoms with Crippen molar-refractivity contribution in [3.8, 4) is 22.6 Å². The van der Waals surface area contributed by atoms with Crippen LogP contribution in [0.3, 0.4) is 0 Å². The van der Waals surface area contributed by atoms with Gasteiger partial charge < -0.3 is 10.2 Å². The summed E-state index contributed by atoms with van der Waals surface area (Å²) >= 11 is 0. The first-order valence-corrected chi connectivity index (χ1v) is 13.9. The summed E-state index contributed by atoms with van der Waals surface area (Å²) in [5.74, 6) is 1.03. The van der Waals surface area contributed by atoms with Crippen LogP contribution in [0, 0.1) is 27.7 Å². The number of hydrogen-bond acceptors (Lipinski definition) is 4. The maximum absolute atomic E-state index is 10.9. The summed E-state index contributed by atoms with van der Waals surface area (Å²) in [4.78, 5) is 9.89. The Morgan fingerprint density at radius 1 is 0.525 bits per heavy atom. The van der Waals surface area contributed by atoms with Gasteiger partial charge in [-0.25, -0.2) is 0 Å². The van der Waals surface area contributed by atoms with Crippen molar-refractivity contribution in [2.24, 2.45) is 9.98 Å². The van der Waals surface area contributed by atoms with Crippen LogP contribution in [0.5, 0.6) is 11.5 Å². The van der Waals surface area contributed by atoms with Gasteiger partial charge in [0.25, 0.3) is 0 Å². The predicted octanol–water partition coefficient (Wildman–Crippen LogP) is 9.75. The standard InChI is InChI=1S/C36H40N2O2/c1-21(2)27-17-15-25(7)35(39)29(27)19-37-31-13-9-11-23(5)33(31)34-24(6)12-10-14-32(34)38-20-30-28(22(3)4)18-16-26(8)36(30)40/h9-22,39-40H,1-8H3. The van der Waals surface area contributed by atoms with Crippen molar-refractivity contribution in [3.05, 3.63) is 105 Å². The van der Waals surface area contributed by atoms with Crippen molar-refractivity contribution in [1.29, 1.82) is 0 Å². The van der Waals surface area contributed by atoms with Crippen LogP contribution in [0.1, 0.15) is 84.0 Å². The molecule has 0 saturated carbocycles. The number of benzene rings is 4. The van der Waals surface area contributed by atoms with Gasteiger partial charge in [-0.1, -0.05) is 76.2 Å². The number of aromatic hydroxyl groups is 2. The van der Waals surface area contributed by atoms with E-state index < -0.39 is 0 Å². The first-order valence-electron chi connectivity index (χ1n) is 13.9. The van der Waals surface area contributed by atoms with Crippen LogP contribution in [0.25, 0.3) is 11.1 Å². The minimum absolute atomic E-state index is 0.246. The van der Waals surface area contributed by atoms with Crippen molar-refractivity contribution < 1.29 is 10.2 Å². The van der Waals surface area contributed by atoms with E-state index in [1.807, 2.05) is 50.2 Å². The Bertz CT molecular complexity index is 1490. The molecule has 4 aromatic rings. The quantitative estimate of drug-likeness (QED) is 0.233. The Hall–Kier alpha value is -4.18. The van der Waals surface area contributed by atoms with Crippen LogP contribution in [0.15, 0.2) is 70.6 Å². The molecule has 2 N–H and O–H groups in total. The zero-order valence-corrected chi connectivity index (χ0v) is 24.9. The Morgan fingerprint density at radius 2 is 0.900 bits per heavy atom. The van der Waals surface area contributed by atoms with Gasteiger partial charge in [0.1, 0.15) is 11.5 Å². The van der Waals surface area contributed by atoms with Crippen molar-refractivity contribution in [1.82, 2.24) is 0 Å².